The molecule has 0 saturated heterocycles. The van der Waals surface area contributed by atoms with Crippen molar-refractivity contribution >= 4 is 11.8 Å². The van der Waals surface area contributed by atoms with E-state index in [4.69, 9.17) is 0 Å². The Labute approximate surface area is 72.2 Å². The van der Waals surface area contributed by atoms with E-state index < -0.39 is 16.4 Å². The quantitative estimate of drug-likeness (QED) is 0.456. The first-order valence-corrected chi connectivity index (χ1v) is 3.67. The van der Waals surface area contributed by atoms with E-state index >= 15 is 0 Å². The molecule has 2 rings (SSSR count). The zero-order valence-corrected chi connectivity index (χ0v) is 6.53. The van der Waals surface area contributed by atoms with Gasteiger partial charge in [-0.1, -0.05) is 6.08 Å². The Kier molecular flexibility index (Phi) is 1.58. The van der Waals surface area contributed by atoms with E-state index in [1.807, 2.05) is 0 Å². The first-order valence-electron chi connectivity index (χ1n) is 3.67. The van der Waals surface area contributed by atoms with Crippen LogP contribution in [0, 0.1) is 15.9 Å². The summed E-state index contributed by atoms with van der Waals surface area (Å²) in [6.07, 6.45) is 1.72. The largest absolute Gasteiger partial charge is 0.305 e. The van der Waals surface area contributed by atoms with Gasteiger partial charge in [0.25, 0.3) is 0 Å². The molecule has 0 fully saturated rings. The van der Waals surface area contributed by atoms with Crippen molar-refractivity contribution in [3.63, 3.8) is 0 Å². The Hall–Kier alpha value is -1.78. The van der Waals surface area contributed by atoms with Gasteiger partial charge in [-0.05, 0) is 0 Å². The number of rotatable bonds is 1. The van der Waals surface area contributed by atoms with E-state index in [0.29, 0.717) is 17.1 Å². The number of hydrogen-bond donors (Lipinski definition) is 0. The van der Waals surface area contributed by atoms with Crippen LogP contribution in [0.2, 0.25) is 0 Å². The molecule has 0 amide bonds. The van der Waals surface area contributed by atoms with E-state index in [-0.39, 0.29) is 0 Å². The lowest BCUT2D eigenvalue weighted by atomic mass is 10.2. The number of fused-ring (bicyclic) bond motifs is 1. The fourth-order valence-corrected chi connectivity index (χ4v) is 1.25. The van der Waals surface area contributed by atoms with E-state index in [1.54, 1.807) is 6.08 Å². The van der Waals surface area contributed by atoms with Gasteiger partial charge in [0.1, 0.15) is 0 Å². The molecule has 4 nitrogen and oxygen atoms in total. The smallest absolute Gasteiger partial charge is 0.280 e. The summed E-state index contributed by atoms with van der Waals surface area (Å²) in [6, 6.07) is 2.30. The van der Waals surface area contributed by atoms with Crippen LogP contribution in [0.5, 0.6) is 0 Å². The second kappa shape index (κ2) is 2.62. The number of nitrogens with zero attached hydrogens (tertiary/aromatic N) is 2. The SMILES string of the molecule is O=[N+]([O-])c1cc2c(cc1F)=NCC=2. The van der Waals surface area contributed by atoms with E-state index in [2.05, 4.69) is 4.99 Å². The van der Waals surface area contributed by atoms with Gasteiger partial charge in [0.15, 0.2) is 0 Å². The molecule has 0 saturated carbocycles. The molecule has 0 N–H and O–H groups in total. The molecule has 1 aromatic rings. The third-order valence-corrected chi connectivity index (χ3v) is 1.87. The summed E-state index contributed by atoms with van der Waals surface area (Å²) in [6.45, 7) is 0.468. The number of nitro benzene ring substituents is 1. The van der Waals surface area contributed by atoms with Gasteiger partial charge in [0.2, 0.25) is 5.82 Å². The highest BCUT2D eigenvalue weighted by Gasteiger charge is 2.14. The highest BCUT2D eigenvalue weighted by atomic mass is 19.1. The summed E-state index contributed by atoms with van der Waals surface area (Å²) >= 11 is 0. The molecule has 66 valence electrons. The molecule has 13 heavy (non-hydrogen) atoms. The van der Waals surface area contributed by atoms with Crippen molar-refractivity contribution in [3.8, 4) is 0 Å². The van der Waals surface area contributed by atoms with Crippen molar-refractivity contribution < 1.29 is 9.31 Å². The number of benzene rings is 1. The van der Waals surface area contributed by atoms with Gasteiger partial charge < -0.3 is 0 Å². The van der Waals surface area contributed by atoms with Crippen LogP contribution in [-0.2, 0) is 0 Å². The van der Waals surface area contributed by atoms with Crippen LogP contribution in [0.25, 0.3) is 6.08 Å². The maximum absolute atomic E-state index is 13.0. The molecule has 0 bridgehead atoms. The molecule has 1 aromatic carbocycles. The number of halogens is 1. The van der Waals surface area contributed by atoms with Crippen LogP contribution in [0.1, 0.15) is 0 Å². The van der Waals surface area contributed by atoms with Gasteiger partial charge in [0.05, 0.1) is 16.8 Å². The van der Waals surface area contributed by atoms with Gasteiger partial charge in [-0.25, -0.2) is 0 Å². The van der Waals surface area contributed by atoms with Crippen LogP contribution in [-0.4, -0.2) is 11.5 Å². The molecule has 0 unspecified atom stereocenters. The lowest BCUT2D eigenvalue weighted by Crippen LogP contribution is -2.22. The second-order valence-electron chi connectivity index (χ2n) is 2.66. The predicted octanol–water partition coefficient (Wildman–Crippen LogP) is 0.148. The fraction of sp³-hybridized carbons (Fsp3) is 0.125. The van der Waals surface area contributed by atoms with Crippen molar-refractivity contribution in [1.29, 1.82) is 0 Å². The molecule has 0 spiro atoms. The monoisotopic (exact) mass is 180 g/mol. The molecule has 1 aliphatic rings. The van der Waals surface area contributed by atoms with Crippen molar-refractivity contribution in [1.82, 2.24) is 0 Å². The molecular formula is C8H5FN2O2. The van der Waals surface area contributed by atoms with Crippen molar-refractivity contribution in [2.45, 2.75) is 0 Å². The molecule has 1 aliphatic heterocycles. The molecular weight excluding hydrogens is 175 g/mol. The van der Waals surface area contributed by atoms with Gasteiger partial charge in [0, 0.05) is 17.4 Å². The lowest BCUT2D eigenvalue weighted by Gasteiger charge is -1.91. The highest BCUT2D eigenvalue weighted by Crippen LogP contribution is 2.11. The number of nitro groups is 1. The van der Waals surface area contributed by atoms with Gasteiger partial charge in [-0.3, -0.25) is 15.1 Å². The average molecular weight is 180 g/mol. The van der Waals surface area contributed by atoms with Crippen LogP contribution >= 0.6 is 0 Å². The third kappa shape index (κ3) is 1.18. The Morgan fingerprint density at radius 1 is 1.54 bits per heavy atom. The Morgan fingerprint density at radius 2 is 2.31 bits per heavy atom. The Bertz CT molecular complexity index is 496. The molecule has 0 aliphatic carbocycles. The van der Waals surface area contributed by atoms with E-state index in [1.165, 1.54) is 6.07 Å². The van der Waals surface area contributed by atoms with Crippen molar-refractivity contribution in [2.24, 2.45) is 4.99 Å². The highest BCUT2D eigenvalue weighted by molar-refractivity contribution is 5.38. The topological polar surface area (TPSA) is 55.5 Å². The molecule has 0 radical (unpaired) electrons. The maximum Gasteiger partial charge on any atom is 0.305 e. The minimum absolute atomic E-state index is 0.468. The fourth-order valence-electron chi connectivity index (χ4n) is 1.25. The summed E-state index contributed by atoms with van der Waals surface area (Å²) in [7, 11) is 0. The summed E-state index contributed by atoms with van der Waals surface area (Å²) in [4.78, 5) is 13.6. The number of hydrogen-bond acceptors (Lipinski definition) is 3. The first kappa shape index (κ1) is 7.85. The van der Waals surface area contributed by atoms with Gasteiger partial charge in [-0.15, -0.1) is 0 Å². The third-order valence-electron chi connectivity index (χ3n) is 1.87. The zero-order chi connectivity index (χ0) is 9.42. The first-order chi connectivity index (χ1) is 6.18. The Morgan fingerprint density at radius 3 is 3.00 bits per heavy atom. The summed E-state index contributed by atoms with van der Waals surface area (Å²) in [5, 5.41) is 11.5. The molecule has 5 heteroatoms. The predicted molar refractivity (Wildman–Crippen MR) is 43.2 cm³/mol. The van der Waals surface area contributed by atoms with Crippen molar-refractivity contribution in [3.05, 3.63) is 38.6 Å². The summed E-state index contributed by atoms with van der Waals surface area (Å²) in [5.74, 6) is -0.831. The zero-order valence-electron chi connectivity index (χ0n) is 6.53. The second-order valence-corrected chi connectivity index (χ2v) is 2.66. The van der Waals surface area contributed by atoms with E-state index in [9.17, 15) is 14.5 Å². The minimum atomic E-state index is -0.831. The van der Waals surface area contributed by atoms with Crippen LogP contribution in [0.15, 0.2) is 17.1 Å². The maximum atomic E-state index is 13.0. The standard InChI is InChI=1S/C8H5FN2O2/c9-6-4-7-5(1-2-10-7)3-8(6)11(12)13/h1,3-4H,2H2. The van der Waals surface area contributed by atoms with Gasteiger partial charge >= 0.3 is 5.69 Å². The van der Waals surface area contributed by atoms with Crippen molar-refractivity contribution in [2.75, 3.05) is 6.54 Å². The van der Waals surface area contributed by atoms with E-state index in [0.717, 1.165) is 6.07 Å². The normalized spacial score (nSPS) is 13.0. The summed E-state index contributed by atoms with van der Waals surface area (Å²) < 4.78 is 13.0. The average Bonchev–Trinajstić information content (AvgIpc) is 2.48. The van der Waals surface area contributed by atoms with Crippen LogP contribution < -0.4 is 10.6 Å². The molecule has 0 aromatic heterocycles. The van der Waals surface area contributed by atoms with Gasteiger partial charge in [-0.2, -0.15) is 4.39 Å². The van der Waals surface area contributed by atoms with Crippen LogP contribution in [0.4, 0.5) is 10.1 Å². The molecule has 0 atom stereocenters. The Balaban J connectivity index is 2.78. The lowest BCUT2D eigenvalue weighted by molar-refractivity contribution is -0.387. The van der Waals surface area contributed by atoms with Crippen LogP contribution in [0.3, 0.4) is 0 Å². The molecule has 1 heterocycles. The minimum Gasteiger partial charge on any atom is -0.280 e. The summed E-state index contributed by atoms with van der Waals surface area (Å²) in [5.41, 5.74) is -0.493.